The van der Waals surface area contributed by atoms with Crippen LogP contribution in [0.4, 0.5) is 14.6 Å². The van der Waals surface area contributed by atoms with Gasteiger partial charge >= 0.3 is 6.55 Å². The van der Waals surface area contributed by atoms with Gasteiger partial charge in [0.2, 0.25) is 17.6 Å². The first kappa shape index (κ1) is 36.5. The highest BCUT2D eigenvalue weighted by molar-refractivity contribution is 5.93. The molecular formula is C34H45F2N7O7. The van der Waals surface area contributed by atoms with E-state index in [-0.39, 0.29) is 69.1 Å². The number of amides is 3. The van der Waals surface area contributed by atoms with Gasteiger partial charge in [-0.3, -0.25) is 14.4 Å². The topological polar surface area (TPSA) is 141 Å². The molecule has 14 nitrogen and oxygen atoms in total. The Morgan fingerprint density at radius 3 is 2.52 bits per heavy atom. The van der Waals surface area contributed by atoms with Gasteiger partial charge in [-0.2, -0.15) is 13.9 Å². The maximum atomic E-state index is 13.8. The first-order valence-electron chi connectivity index (χ1n) is 16.8. The van der Waals surface area contributed by atoms with Crippen LogP contribution in [0.2, 0.25) is 0 Å². The van der Waals surface area contributed by atoms with Gasteiger partial charge in [-0.25, -0.2) is 9.67 Å². The molecule has 1 aromatic carbocycles. The van der Waals surface area contributed by atoms with Crippen molar-refractivity contribution in [1.82, 2.24) is 29.9 Å². The van der Waals surface area contributed by atoms with Crippen molar-refractivity contribution in [1.29, 1.82) is 0 Å². The number of piperidine rings is 1. The summed E-state index contributed by atoms with van der Waals surface area (Å²) in [7, 11) is 4.60. The van der Waals surface area contributed by atoms with E-state index < -0.39 is 12.5 Å². The van der Waals surface area contributed by atoms with E-state index in [1.807, 2.05) is 13.0 Å². The molecule has 3 aromatic rings. The maximum absolute atomic E-state index is 13.8. The van der Waals surface area contributed by atoms with Gasteiger partial charge in [0, 0.05) is 82.1 Å². The van der Waals surface area contributed by atoms with E-state index >= 15 is 0 Å². The summed E-state index contributed by atoms with van der Waals surface area (Å²) in [6.45, 7) is 1.63. The lowest BCUT2D eigenvalue weighted by atomic mass is 9.97. The number of carbonyl (C=O) groups excluding carboxylic acids is 3. The van der Waals surface area contributed by atoms with E-state index in [1.54, 1.807) is 18.1 Å². The Labute approximate surface area is 289 Å². The molecule has 0 aliphatic carbocycles. The van der Waals surface area contributed by atoms with Crippen LogP contribution in [-0.4, -0.2) is 116 Å². The second-order valence-electron chi connectivity index (χ2n) is 12.2. The number of aromatic nitrogens is 3. The minimum atomic E-state index is -2.91. The number of nitrogens with one attached hydrogen (secondary N) is 1. The molecule has 50 heavy (non-hydrogen) atoms. The van der Waals surface area contributed by atoms with Gasteiger partial charge in [0.15, 0.2) is 17.2 Å². The number of hydrogen-bond acceptors (Lipinski definition) is 10. The molecule has 16 heteroatoms. The van der Waals surface area contributed by atoms with Gasteiger partial charge in [0.05, 0.1) is 39.9 Å². The van der Waals surface area contributed by atoms with Crippen LogP contribution < -0.4 is 24.4 Å². The summed E-state index contributed by atoms with van der Waals surface area (Å²) >= 11 is 0. The molecule has 3 amide bonds. The molecule has 2 bridgehead atoms. The van der Waals surface area contributed by atoms with Gasteiger partial charge in [0.25, 0.3) is 5.91 Å². The van der Waals surface area contributed by atoms with Crippen LogP contribution in [0.25, 0.3) is 10.9 Å². The minimum absolute atomic E-state index is 0.00554. The summed E-state index contributed by atoms with van der Waals surface area (Å²) in [6.07, 6.45) is 2.89. The van der Waals surface area contributed by atoms with Crippen molar-refractivity contribution in [2.24, 2.45) is 5.92 Å². The number of hydrogen-bond donors (Lipinski definition) is 1. The largest absolute Gasteiger partial charge is 0.493 e. The molecule has 1 N–H and O–H groups in total. The molecule has 272 valence electrons. The van der Waals surface area contributed by atoms with Crippen molar-refractivity contribution >= 4 is 34.4 Å². The Hall–Kier alpha value is -4.73. The maximum Gasteiger partial charge on any atom is 0.333 e. The number of carbonyl (C=O) groups is 3. The molecule has 1 atom stereocenters. The molecular weight excluding hydrogens is 656 g/mol. The fourth-order valence-electron chi connectivity index (χ4n) is 6.46. The molecule has 2 aliphatic rings. The fraction of sp³-hybridized carbons (Fsp3) is 0.559. The number of anilines is 1. The molecule has 0 saturated carbocycles. The first-order valence-corrected chi connectivity index (χ1v) is 16.8. The normalized spacial score (nSPS) is 17.5. The summed E-state index contributed by atoms with van der Waals surface area (Å²) in [4.78, 5) is 50.8. The van der Waals surface area contributed by atoms with Gasteiger partial charge in [-0.15, -0.1) is 0 Å². The second kappa shape index (κ2) is 16.8. The van der Waals surface area contributed by atoms with Crippen LogP contribution >= 0.6 is 0 Å². The summed E-state index contributed by atoms with van der Waals surface area (Å²) in [6, 6.07) is 4.95. The number of pyridine rings is 1. The number of benzene rings is 1. The van der Waals surface area contributed by atoms with Crippen molar-refractivity contribution in [2.45, 2.75) is 45.7 Å². The molecule has 5 rings (SSSR count). The van der Waals surface area contributed by atoms with E-state index in [2.05, 4.69) is 15.3 Å². The number of ether oxygens (including phenoxy) is 4. The Morgan fingerprint density at radius 1 is 1.04 bits per heavy atom. The lowest BCUT2D eigenvalue weighted by Crippen LogP contribution is -2.43. The van der Waals surface area contributed by atoms with Crippen LogP contribution in [-0.2, 0) is 20.9 Å². The third kappa shape index (κ3) is 8.34. The van der Waals surface area contributed by atoms with E-state index in [9.17, 15) is 23.2 Å². The van der Waals surface area contributed by atoms with Crippen LogP contribution in [0.1, 0.15) is 55.2 Å². The molecule has 4 heterocycles. The molecule has 2 aliphatic heterocycles. The highest BCUT2D eigenvalue weighted by atomic mass is 19.3. The van der Waals surface area contributed by atoms with Crippen molar-refractivity contribution in [2.75, 3.05) is 78.7 Å². The molecule has 1 fully saturated rings. The Balaban J connectivity index is 1.59. The summed E-state index contributed by atoms with van der Waals surface area (Å²) in [5, 5.41) is 7.42. The zero-order valence-corrected chi connectivity index (χ0v) is 29.0. The van der Waals surface area contributed by atoms with E-state index in [4.69, 9.17) is 23.9 Å². The summed E-state index contributed by atoms with van der Waals surface area (Å²) < 4.78 is 49.5. The zero-order chi connectivity index (χ0) is 35.8. The monoisotopic (exact) mass is 701 g/mol. The Kier molecular flexibility index (Phi) is 12.3. The van der Waals surface area contributed by atoms with E-state index in [1.165, 1.54) is 25.2 Å². The average Bonchev–Trinajstić information content (AvgIpc) is 3.63. The van der Waals surface area contributed by atoms with Crippen molar-refractivity contribution in [3.05, 3.63) is 35.7 Å². The van der Waals surface area contributed by atoms with Crippen molar-refractivity contribution in [3.8, 4) is 17.2 Å². The minimum Gasteiger partial charge on any atom is -0.493 e. The molecule has 0 radical (unpaired) electrons. The van der Waals surface area contributed by atoms with Crippen LogP contribution in [0.5, 0.6) is 17.2 Å². The number of halogens is 2. The number of rotatable bonds is 9. The highest BCUT2D eigenvalue weighted by Crippen LogP contribution is 2.44. The SMILES string of the molecule is CCOCCC(=O)N1CCN(C(=O)c2ccn(C(F)F)n2)CCC(=O)NCC2CCCN(C2)c2nc3cc(OC)c(OC)c(OC)c3cc2C1. The van der Waals surface area contributed by atoms with Crippen LogP contribution in [0, 0.1) is 5.92 Å². The van der Waals surface area contributed by atoms with Gasteiger partial charge in [-0.05, 0) is 37.8 Å². The zero-order valence-electron chi connectivity index (χ0n) is 29.0. The lowest BCUT2D eigenvalue weighted by Gasteiger charge is -2.35. The van der Waals surface area contributed by atoms with Crippen molar-refractivity contribution in [3.63, 3.8) is 0 Å². The Bertz CT molecular complexity index is 1670. The summed E-state index contributed by atoms with van der Waals surface area (Å²) in [5.41, 5.74) is 1.18. The lowest BCUT2D eigenvalue weighted by molar-refractivity contribution is -0.133. The highest BCUT2D eigenvalue weighted by Gasteiger charge is 2.29. The third-order valence-corrected chi connectivity index (χ3v) is 9.03. The van der Waals surface area contributed by atoms with Crippen molar-refractivity contribution < 1.29 is 42.1 Å². The fourth-order valence-corrected chi connectivity index (χ4v) is 6.46. The van der Waals surface area contributed by atoms with Crippen LogP contribution in [0.3, 0.4) is 0 Å². The van der Waals surface area contributed by atoms with Crippen LogP contribution in [0.15, 0.2) is 24.4 Å². The molecule has 1 saturated heterocycles. The number of methoxy groups -OCH3 is 3. The number of fused-ring (bicyclic) bond motifs is 5. The number of alkyl halides is 2. The molecule has 1 unspecified atom stereocenters. The van der Waals surface area contributed by atoms with E-state index in [0.717, 1.165) is 31.1 Å². The Morgan fingerprint density at radius 2 is 1.82 bits per heavy atom. The van der Waals surface area contributed by atoms with E-state index in [0.29, 0.717) is 58.3 Å². The average molecular weight is 702 g/mol. The van der Waals surface area contributed by atoms with Gasteiger partial charge in [0.1, 0.15) is 5.82 Å². The quantitative estimate of drug-likeness (QED) is 0.330. The standard InChI is InChI=1S/C34H45F2N7O7/c1-5-50-16-10-29(45)41-15-14-40(33(46)25-8-13-43(39-25)34(35)36)12-9-28(44)37-19-22-7-6-11-42(20-22)32-23(21-41)17-24-26(38-32)18-27(47-2)31(49-4)30(24)48-3/h8,13,17-18,22,34H,5-7,9-12,14-16,19-21H2,1-4H3,(H,37,44). The predicted octanol–water partition coefficient (Wildman–Crippen LogP) is 3.49. The molecule has 0 spiro atoms. The third-order valence-electron chi connectivity index (χ3n) is 9.03. The van der Waals surface area contributed by atoms with Gasteiger partial charge in [-0.1, -0.05) is 0 Å². The smallest absolute Gasteiger partial charge is 0.333 e. The first-order chi connectivity index (χ1) is 24.2. The summed E-state index contributed by atoms with van der Waals surface area (Å²) in [5.74, 6) is 1.03. The second-order valence-corrected chi connectivity index (χ2v) is 12.2. The van der Waals surface area contributed by atoms with Gasteiger partial charge < -0.3 is 39.0 Å². The number of nitrogens with zero attached hydrogens (tertiary/aromatic N) is 6. The predicted molar refractivity (Wildman–Crippen MR) is 180 cm³/mol. The molecule has 2 aromatic heterocycles.